The van der Waals surface area contributed by atoms with Crippen LogP contribution in [-0.2, 0) is 6.54 Å². The first-order chi connectivity index (χ1) is 8.29. The fourth-order valence-corrected chi connectivity index (χ4v) is 2.06. The van der Waals surface area contributed by atoms with E-state index in [1.807, 2.05) is 12.1 Å². The van der Waals surface area contributed by atoms with Crippen LogP contribution in [0.3, 0.4) is 0 Å². The fourth-order valence-electron chi connectivity index (χ4n) is 1.65. The molecule has 3 heteroatoms. The molecule has 0 aliphatic carbocycles. The maximum absolute atomic E-state index is 5.35. The first-order valence-corrected chi connectivity index (χ1v) is 6.92. The van der Waals surface area contributed by atoms with Gasteiger partial charge in [0.1, 0.15) is 5.76 Å². The molecule has 1 aromatic heterocycles. The van der Waals surface area contributed by atoms with Crippen LogP contribution in [0.1, 0.15) is 24.3 Å². The Hall–Kier alpha value is -1.19. The maximum atomic E-state index is 5.35. The normalized spacial score (nSPS) is 12.6. The molecule has 1 N–H and O–H groups in total. The van der Waals surface area contributed by atoms with Crippen molar-refractivity contribution in [3.8, 4) is 0 Å². The highest BCUT2D eigenvalue weighted by molar-refractivity contribution is 7.98. The van der Waals surface area contributed by atoms with Crippen molar-refractivity contribution in [3.05, 3.63) is 54.0 Å². The van der Waals surface area contributed by atoms with Gasteiger partial charge in [-0.1, -0.05) is 12.1 Å². The molecule has 1 aromatic carbocycles. The van der Waals surface area contributed by atoms with Crippen LogP contribution in [0.2, 0.25) is 0 Å². The van der Waals surface area contributed by atoms with Gasteiger partial charge in [0.25, 0.3) is 0 Å². The number of nitrogens with one attached hydrogen (secondary N) is 1. The Balaban J connectivity index is 1.89. The van der Waals surface area contributed by atoms with Crippen LogP contribution < -0.4 is 5.32 Å². The molecule has 0 bridgehead atoms. The largest absolute Gasteiger partial charge is 0.468 e. The molecule has 0 fully saturated rings. The number of hydrogen-bond donors (Lipinski definition) is 1. The third kappa shape index (κ3) is 3.38. The molecule has 0 spiro atoms. The zero-order valence-electron chi connectivity index (χ0n) is 10.1. The van der Waals surface area contributed by atoms with Crippen LogP contribution in [0.4, 0.5) is 0 Å². The summed E-state index contributed by atoms with van der Waals surface area (Å²) in [5.41, 5.74) is 1.29. The maximum Gasteiger partial charge on any atom is 0.120 e. The Morgan fingerprint density at radius 3 is 2.59 bits per heavy atom. The summed E-state index contributed by atoms with van der Waals surface area (Å²) >= 11 is 1.76. The van der Waals surface area contributed by atoms with Crippen LogP contribution in [0, 0.1) is 0 Å². The molecule has 0 radical (unpaired) electrons. The lowest BCUT2D eigenvalue weighted by atomic mass is 10.2. The molecule has 0 saturated carbocycles. The summed E-state index contributed by atoms with van der Waals surface area (Å²) in [6, 6.07) is 12.8. The average molecular weight is 247 g/mol. The Morgan fingerprint density at radius 1 is 1.24 bits per heavy atom. The van der Waals surface area contributed by atoms with E-state index < -0.39 is 0 Å². The second kappa shape index (κ2) is 5.94. The van der Waals surface area contributed by atoms with Crippen molar-refractivity contribution in [2.75, 3.05) is 6.26 Å². The van der Waals surface area contributed by atoms with E-state index in [-0.39, 0.29) is 6.04 Å². The number of rotatable bonds is 5. The van der Waals surface area contributed by atoms with Gasteiger partial charge in [-0.15, -0.1) is 11.8 Å². The second-order valence-electron chi connectivity index (χ2n) is 3.97. The molecule has 1 atom stereocenters. The molecule has 0 aliphatic heterocycles. The van der Waals surface area contributed by atoms with E-state index in [0.29, 0.717) is 0 Å². The van der Waals surface area contributed by atoms with Crippen molar-refractivity contribution in [1.82, 2.24) is 5.32 Å². The molecule has 2 rings (SSSR count). The van der Waals surface area contributed by atoms with Gasteiger partial charge in [0.15, 0.2) is 0 Å². The second-order valence-corrected chi connectivity index (χ2v) is 4.85. The first kappa shape index (κ1) is 12.3. The zero-order chi connectivity index (χ0) is 12.1. The third-order valence-electron chi connectivity index (χ3n) is 2.74. The highest BCUT2D eigenvalue weighted by Crippen LogP contribution is 2.16. The van der Waals surface area contributed by atoms with Gasteiger partial charge in [-0.25, -0.2) is 0 Å². The van der Waals surface area contributed by atoms with E-state index in [4.69, 9.17) is 4.42 Å². The van der Waals surface area contributed by atoms with Gasteiger partial charge in [0.2, 0.25) is 0 Å². The molecule has 0 saturated heterocycles. The SMILES string of the molecule is CSc1ccc(CNC(C)c2ccco2)cc1. The minimum absolute atomic E-state index is 0.241. The van der Waals surface area contributed by atoms with Gasteiger partial charge >= 0.3 is 0 Å². The number of benzene rings is 1. The van der Waals surface area contributed by atoms with Gasteiger partial charge in [-0.3, -0.25) is 0 Å². The van der Waals surface area contributed by atoms with Crippen molar-refractivity contribution in [3.63, 3.8) is 0 Å². The number of thioether (sulfide) groups is 1. The van der Waals surface area contributed by atoms with E-state index in [1.54, 1.807) is 18.0 Å². The Kier molecular flexibility index (Phi) is 4.29. The van der Waals surface area contributed by atoms with Crippen molar-refractivity contribution in [2.45, 2.75) is 24.4 Å². The quantitative estimate of drug-likeness (QED) is 0.812. The molecule has 1 unspecified atom stereocenters. The van der Waals surface area contributed by atoms with Crippen LogP contribution in [0.5, 0.6) is 0 Å². The lowest BCUT2D eigenvalue weighted by Gasteiger charge is -2.11. The monoisotopic (exact) mass is 247 g/mol. The summed E-state index contributed by atoms with van der Waals surface area (Å²) in [7, 11) is 0. The molecular weight excluding hydrogens is 230 g/mol. The average Bonchev–Trinajstić information content (AvgIpc) is 2.90. The first-order valence-electron chi connectivity index (χ1n) is 5.69. The van der Waals surface area contributed by atoms with Crippen LogP contribution >= 0.6 is 11.8 Å². The summed E-state index contributed by atoms with van der Waals surface area (Å²) in [6.07, 6.45) is 3.80. The number of hydrogen-bond acceptors (Lipinski definition) is 3. The van der Waals surface area contributed by atoms with Gasteiger partial charge in [-0.05, 0) is 43.0 Å². The highest BCUT2D eigenvalue weighted by atomic mass is 32.2. The molecule has 2 aromatic rings. The summed E-state index contributed by atoms with van der Waals surface area (Å²) in [5.74, 6) is 0.978. The van der Waals surface area contributed by atoms with E-state index >= 15 is 0 Å². The van der Waals surface area contributed by atoms with Crippen molar-refractivity contribution >= 4 is 11.8 Å². The number of furan rings is 1. The summed E-state index contributed by atoms with van der Waals surface area (Å²) in [6.45, 7) is 2.96. The standard InChI is InChI=1S/C14H17NOS/c1-11(14-4-3-9-16-14)15-10-12-5-7-13(17-2)8-6-12/h3-9,11,15H,10H2,1-2H3. The topological polar surface area (TPSA) is 25.2 Å². The lowest BCUT2D eigenvalue weighted by molar-refractivity contribution is 0.430. The molecule has 17 heavy (non-hydrogen) atoms. The van der Waals surface area contributed by atoms with Crippen molar-refractivity contribution in [2.24, 2.45) is 0 Å². The molecule has 90 valence electrons. The molecular formula is C14H17NOS. The Labute approximate surface area is 106 Å². The summed E-state index contributed by atoms with van der Waals surface area (Å²) < 4.78 is 5.35. The predicted octanol–water partition coefficient (Wildman–Crippen LogP) is 3.85. The van der Waals surface area contributed by atoms with Crippen molar-refractivity contribution < 1.29 is 4.42 Å². The lowest BCUT2D eigenvalue weighted by Crippen LogP contribution is -2.17. The van der Waals surface area contributed by atoms with Gasteiger partial charge < -0.3 is 9.73 Å². The molecule has 0 aliphatic rings. The third-order valence-corrected chi connectivity index (χ3v) is 3.48. The Bertz CT molecular complexity index is 436. The minimum atomic E-state index is 0.241. The van der Waals surface area contributed by atoms with Gasteiger partial charge in [0.05, 0.1) is 12.3 Å². The smallest absolute Gasteiger partial charge is 0.120 e. The summed E-state index contributed by atoms with van der Waals surface area (Å²) in [5, 5.41) is 3.44. The van der Waals surface area contributed by atoms with Gasteiger partial charge in [-0.2, -0.15) is 0 Å². The predicted molar refractivity (Wildman–Crippen MR) is 72.2 cm³/mol. The van der Waals surface area contributed by atoms with Crippen LogP contribution in [-0.4, -0.2) is 6.26 Å². The summed E-state index contributed by atoms with van der Waals surface area (Å²) in [4.78, 5) is 1.30. The molecule has 0 amide bonds. The van der Waals surface area contributed by atoms with E-state index in [9.17, 15) is 0 Å². The van der Waals surface area contributed by atoms with Crippen molar-refractivity contribution in [1.29, 1.82) is 0 Å². The minimum Gasteiger partial charge on any atom is -0.468 e. The van der Waals surface area contributed by atoms with E-state index in [2.05, 4.69) is 42.8 Å². The van der Waals surface area contributed by atoms with Crippen LogP contribution in [0.15, 0.2) is 52.0 Å². The van der Waals surface area contributed by atoms with Gasteiger partial charge in [0, 0.05) is 11.4 Å². The van der Waals surface area contributed by atoms with E-state index in [0.717, 1.165) is 12.3 Å². The fraction of sp³-hybridized carbons (Fsp3) is 0.286. The zero-order valence-corrected chi connectivity index (χ0v) is 11.0. The Morgan fingerprint density at radius 2 is 2.00 bits per heavy atom. The van der Waals surface area contributed by atoms with E-state index in [1.165, 1.54) is 10.5 Å². The van der Waals surface area contributed by atoms with Crippen LogP contribution in [0.25, 0.3) is 0 Å². The molecule has 1 heterocycles. The molecule has 2 nitrogen and oxygen atoms in total. The highest BCUT2D eigenvalue weighted by Gasteiger charge is 2.06.